The predicted molar refractivity (Wildman–Crippen MR) is 73.5 cm³/mol. The van der Waals surface area contributed by atoms with Crippen molar-refractivity contribution in [3.8, 4) is 0 Å². The lowest BCUT2D eigenvalue weighted by atomic mass is 9.89. The van der Waals surface area contributed by atoms with Crippen LogP contribution in [0.15, 0.2) is 24.3 Å². The number of nitrogens with one attached hydrogen (secondary N) is 2. The summed E-state index contributed by atoms with van der Waals surface area (Å²) in [6.07, 6.45) is 5.01. The summed E-state index contributed by atoms with van der Waals surface area (Å²) in [5.74, 6) is 0.778. The SMILES string of the molecule is CNCCCc1cccc(C2CCNCC2)c1. The fourth-order valence-electron chi connectivity index (χ4n) is 2.63. The number of aryl methyl sites for hydroxylation is 1. The van der Waals surface area contributed by atoms with Gasteiger partial charge in [-0.15, -0.1) is 0 Å². The molecule has 0 amide bonds. The van der Waals surface area contributed by atoms with E-state index in [2.05, 4.69) is 34.9 Å². The van der Waals surface area contributed by atoms with Gasteiger partial charge in [-0.2, -0.15) is 0 Å². The second-order valence-corrected chi connectivity index (χ2v) is 4.98. The first-order valence-electron chi connectivity index (χ1n) is 6.84. The van der Waals surface area contributed by atoms with Gasteiger partial charge in [0.15, 0.2) is 0 Å². The summed E-state index contributed by atoms with van der Waals surface area (Å²) in [7, 11) is 2.02. The first kappa shape index (κ1) is 12.6. The zero-order chi connectivity index (χ0) is 11.9. The molecule has 1 aromatic carbocycles. The van der Waals surface area contributed by atoms with Crippen molar-refractivity contribution in [2.75, 3.05) is 26.7 Å². The molecule has 0 unspecified atom stereocenters. The Bertz CT molecular complexity index is 329. The van der Waals surface area contributed by atoms with Crippen LogP contribution in [-0.2, 0) is 6.42 Å². The van der Waals surface area contributed by atoms with Crippen LogP contribution < -0.4 is 10.6 Å². The van der Waals surface area contributed by atoms with E-state index in [4.69, 9.17) is 0 Å². The highest BCUT2D eigenvalue weighted by Gasteiger charge is 2.14. The number of rotatable bonds is 5. The Hall–Kier alpha value is -0.860. The number of benzene rings is 1. The maximum Gasteiger partial charge on any atom is -0.00431 e. The van der Waals surface area contributed by atoms with E-state index >= 15 is 0 Å². The summed E-state index contributed by atoms with van der Waals surface area (Å²) in [6.45, 7) is 3.46. The summed E-state index contributed by atoms with van der Waals surface area (Å²) < 4.78 is 0. The van der Waals surface area contributed by atoms with E-state index in [0.717, 1.165) is 12.5 Å². The Morgan fingerprint density at radius 3 is 2.88 bits per heavy atom. The molecule has 1 saturated heterocycles. The van der Waals surface area contributed by atoms with Crippen LogP contribution >= 0.6 is 0 Å². The minimum atomic E-state index is 0.778. The van der Waals surface area contributed by atoms with Gasteiger partial charge in [0.1, 0.15) is 0 Å². The third kappa shape index (κ3) is 3.83. The van der Waals surface area contributed by atoms with E-state index in [9.17, 15) is 0 Å². The van der Waals surface area contributed by atoms with Crippen molar-refractivity contribution in [3.63, 3.8) is 0 Å². The van der Waals surface area contributed by atoms with Gasteiger partial charge >= 0.3 is 0 Å². The summed E-state index contributed by atoms with van der Waals surface area (Å²) in [6, 6.07) is 9.22. The lowest BCUT2D eigenvalue weighted by molar-refractivity contribution is 0.460. The summed E-state index contributed by atoms with van der Waals surface area (Å²) in [5.41, 5.74) is 3.05. The van der Waals surface area contributed by atoms with Crippen LogP contribution in [0.25, 0.3) is 0 Å². The van der Waals surface area contributed by atoms with Crippen molar-refractivity contribution in [2.45, 2.75) is 31.6 Å². The molecule has 1 fully saturated rings. The molecule has 1 heterocycles. The highest BCUT2D eigenvalue weighted by Crippen LogP contribution is 2.25. The van der Waals surface area contributed by atoms with Crippen molar-refractivity contribution in [3.05, 3.63) is 35.4 Å². The molecule has 2 rings (SSSR count). The maximum atomic E-state index is 3.43. The molecule has 2 N–H and O–H groups in total. The Morgan fingerprint density at radius 1 is 1.29 bits per heavy atom. The monoisotopic (exact) mass is 232 g/mol. The van der Waals surface area contributed by atoms with E-state index in [-0.39, 0.29) is 0 Å². The molecule has 94 valence electrons. The second kappa shape index (κ2) is 6.77. The summed E-state index contributed by atoms with van der Waals surface area (Å²) in [5, 5.41) is 6.64. The molecule has 1 aromatic rings. The molecular weight excluding hydrogens is 208 g/mol. The molecule has 0 spiro atoms. The van der Waals surface area contributed by atoms with Crippen LogP contribution in [0.4, 0.5) is 0 Å². The zero-order valence-electron chi connectivity index (χ0n) is 10.8. The summed E-state index contributed by atoms with van der Waals surface area (Å²) >= 11 is 0. The van der Waals surface area contributed by atoms with Crippen LogP contribution in [0.1, 0.15) is 36.3 Å². The Labute approximate surface area is 105 Å². The third-order valence-electron chi connectivity index (χ3n) is 3.65. The topological polar surface area (TPSA) is 24.1 Å². The minimum absolute atomic E-state index is 0.778. The normalized spacial score (nSPS) is 17.2. The Kier molecular flexibility index (Phi) is 5.02. The molecule has 0 atom stereocenters. The van der Waals surface area contributed by atoms with E-state index < -0.39 is 0 Å². The van der Waals surface area contributed by atoms with Crippen molar-refractivity contribution in [1.82, 2.24) is 10.6 Å². The average molecular weight is 232 g/mol. The van der Waals surface area contributed by atoms with Crippen LogP contribution in [0.5, 0.6) is 0 Å². The Morgan fingerprint density at radius 2 is 2.12 bits per heavy atom. The van der Waals surface area contributed by atoms with Crippen molar-refractivity contribution < 1.29 is 0 Å². The molecular formula is C15H24N2. The van der Waals surface area contributed by atoms with Gasteiger partial charge in [-0.05, 0) is 69.4 Å². The first-order chi connectivity index (χ1) is 8.40. The lowest BCUT2D eigenvalue weighted by Gasteiger charge is -2.23. The van der Waals surface area contributed by atoms with Gasteiger partial charge in [0.2, 0.25) is 0 Å². The largest absolute Gasteiger partial charge is 0.320 e. The van der Waals surface area contributed by atoms with Gasteiger partial charge in [0.25, 0.3) is 0 Å². The minimum Gasteiger partial charge on any atom is -0.320 e. The zero-order valence-corrected chi connectivity index (χ0v) is 10.8. The molecule has 0 aromatic heterocycles. The van der Waals surface area contributed by atoms with Gasteiger partial charge in [0, 0.05) is 0 Å². The second-order valence-electron chi connectivity index (χ2n) is 4.98. The van der Waals surface area contributed by atoms with Gasteiger partial charge in [-0.1, -0.05) is 24.3 Å². The van der Waals surface area contributed by atoms with Gasteiger partial charge in [-0.3, -0.25) is 0 Å². The van der Waals surface area contributed by atoms with Crippen LogP contribution in [0.3, 0.4) is 0 Å². The van der Waals surface area contributed by atoms with Crippen molar-refractivity contribution >= 4 is 0 Å². The van der Waals surface area contributed by atoms with Crippen molar-refractivity contribution in [2.24, 2.45) is 0 Å². The lowest BCUT2D eigenvalue weighted by Crippen LogP contribution is -2.26. The maximum absolute atomic E-state index is 3.43. The third-order valence-corrected chi connectivity index (χ3v) is 3.65. The molecule has 0 radical (unpaired) electrons. The molecule has 17 heavy (non-hydrogen) atoms. The fraction of sp³-hybridized carbons (Fsp3) is 0.600. The van der Waals surface area contributed by atoms with E-state index in [1.165, 1.54) is 44.3 Å². The van der Waals surface area contributed by atoms with E-state index in [0.29, 0.717) is 0 Å². The molecule has 0 saturated carbocycles. The van der Waals surface area contributed by atoms with E-state index in [1.54, 1.807) is 5.56 Å². The van der Waals surface area contributed by atoms with Crippen LogP contribution in [0, 0.1) is 0 Å². The highest BCUT2D eigenvalue weighted by molar-refractivity contribution is 5.27. The molecule has 2 heteroatoms. The van der Waals surface area contributed by atoms with Gasteiger partial charge < -0.3 is 10.6 Å². The predicted octanol–water partition coefficient (Wildman–Crippen LogP) is 2.31. The first-order valence-corrected chi connectivity index (χ1v) is 6.84. The average Bonchev–Trinajstić information content (AvgIpc) is 2.41. The van der Waals surface area contributed by atoms with E-state index in [1.807, 2.05) is 7.05 Å². The number of hydrogen-bond acceptors (Lipinski definition) is 2. The van der Waals surface area contributed by atoms with Gasteiger partial charge in [-0.25, -0.2) is 0 Å². The molecule has 0 bridgehead atoms. The fourth-order valence-corrected chi connectivity index (χ4v) is 2.63. The molecule has 1 aliphatic rings. The van der Waals surface area contributed by atoms with Crippen LogP contribution in [-0.4, -0.2) is 26.7 Å². The quantitative estimate of drug-likeness (QED) is 0.761. The highest BCUT2D eigenvalue weighted by atomic mass is 14.9. The van der Waals surface area contributed by atoms with Gasteiger partial charge in [0.05, 0.1) is 0 Å². The smallest absolute Gasteiger partial charge is 0.00431 e. The van der Waals surface area contributed by atoms with Crippen LogP contribution in [0.2, 0.25) is 0 Å². The number of piperidine rings is 1. The Balaban J connectivity index is 1.95. The standard InChI is InChI=1S/C15H24N2/c1-16-9-3-5-13-4-2-6-15(12-13)14-7-10-17-11-8-14/h2,4,6,12,14,16-17H,3,5,7-11H2,1H3. The molecule has 0 aliphatic carbocycles. The molecule has 1 aliphatic heterocycles. The molecule has 2 nitrogen and oxygen atoms in total. The summed E-state index contributed by atoms with van der Waals surface area (Å²) in [4.78, 5) is 0. The number of hydrogen-bond donors (Lipinski definition) is 2. The van der Waals surface area contributed by atoms with Crippen molar-refractivity contribution in [1.29, 1.82) is 0 Å².